The van der Waals surface area contributed by atoms with Crippen LogP contribution in [0, 0.1) is 5.82 Å². The molecule has 3 aliphatic heterocycles. The van der Waals surface area contributed by atoms with Gasteiger partial charge in [0.2, 0.25) is 0 Å². The predicted molar refractivity (Wildman–Crippen MR) is 141 cm³/mol. The van der Waals surface area contributed by atoms with Crippen LogP contribution in [-0.2, 0) is 11.2 Å². The Labute approximate surface area is 225 Å². The number of aromatic nitrogens is 3. The molecule has 0 aliphatic carbocycles. The van der Waals surface area contributed by atoms with Crippen LogP contribution < -0.4 is 0 Å². The first-order valence-electron chi connectivity index (χ1n) is 13.5. The number of halogens is 3. The van der Waals surface area contributed by atoms with E-state index < -0.39 is 11.5 Å². The van der Waals surface area contributed by atoms with Crippen LogP contribution in [-0.4, -0.2) is 80.9 Å². The molecule has 5 heterocycles. The van der Waals surface area contributed by atoms with Gasteiger partial charge in [-0.05, 0) is 81.3 Å². The van der Waals surface area contributed by atoms with Crippen molar-refractivity contribution >= 4 is 17.3 Å². The number of benzene rings is 1. The Hall–Kier alpha value is -2.14. The molecule has 6 nitrogen and oxygen atoms in total. The summed E-state index contributed by atoms with van der Waals surface area (Å²) in [6.45, 7) is 2.81. The van der Waals surface area contributed by atoms with Crippen molar-refractivity contribution < 1.29 is 17.9 Å². The van der Waals surface area contributed by atoms with Crippen LogP contribution in [0.2, 0.25) is 0 Å². The van der Waals surface area contributed by atoms with Crippen molar-refractivity contribution in [2.45, 2.75) is 67.2 Å². The average molecular weight is 546 g/mol. The number of ether oxygens (including phenoxy) is 1. The van der Waals surface area contributed by atoms with Gasteiger partial charge in [0.05, 0.1) is 23.9 Å². The molecule has 3 aliphatic rings. The number of hydrogen-bond donors (Lipinski definition) is 0. The van der Waals surface area contributed by atoms with Gasteiger partial charge in [-0.1, -0.05) is 12.1 Å². The van der Waals surface area contributed by atoms with Crippen molar-refractivity contribution in [3.8, 4) is 0 Å². The van der Waals surface area contributed by atoms with E-state index in [1.807, 2.05) is 39.9 Å². The summed E-state index contributed by atoms with van der Waals surface area (Å²) in [5.74, 6) is -2.90. The maximum absolute atomic E-state index is 14.8. The molecule has 1 spiro atoms. The van der Waals surface area contributed by atoms with E-state index >= 15 is 0 Å². The standard InChI is InChI=1S/C28H34F3N5OS/c1-38-26-24-8-7-23(36(24)33-19-32-26)25-9-6-22(37-25)16-35-18-28(30,31)17-27(35)11-14-34(15-12-27)13-10-20-2-4-21(29)5-3-20/h2-5,7-8,19,22,25H,6,9-18H2,1H3/t22-,25+/m0/s1. The fourth-order valence-corrected chi connectivity index (χ4v) is 7.13. The molecule has 0 saturated carbocycles. The van der Waals surface area contributed by atoms with Crippen LogP contribution >= 0.6 is 11.8 Å². The SMILES string of the molecule is CSc1ncnn2c([C@H]3CC[C@@H](CN4CC(F)(F)CC45CCN(CCc4ccc(F)cc4)CC5)O3)ccc12. The summed E-state index contributed by atoms with van der Waals surface area (Å²) in [6, 6.07) is 10.7. The van der Waals surface area contributed by atoms with Gasteiger partial charge in [0.15, 0.2) is 0 Å². The van der Waals surface area contributed by atoms with Crippen LogP contribution in [0.4, 0.5) is 13.2 Å². The summed E-state index contributed by atoms with van der Waals surface area (Å²) >= 11 is 1.58. The average Bonchev–Trinajstić information content (AvgIpc) is 3.60. The van der Waals surface area contributed by atoms with E-state index in [1.54, 1.807) is 18.1 Å². The second kappa shape index (κ2) is 10.4. The van der Waals surface area contributed by atoms with E-state index in [1.165, 1.54) is 12.1 Å². The van der Waals surface area contributed by atoms with Crippen molar-refractivity contribution in [1.82, 2.24) is 24.4 Å². The fourth-order valence-electron chi connectivity index (χ4n) is 6.61. The molecule has 3 fully saturated rings. The number of fused-ring (bicyclic) bond motifs is 1. The first-order chi connectivity index (χ1) is 18.3. The zero-order valence-corrected chi connectivity index (χ0v) is 22.5. The Bertz CT molecular complexity index is 1260. The normalized spacial score (nSPS) is 25.6. The van der Waals surface area contributed by atoms with Crippen LogP contribution in [0.15, 0.2) is 47.8 Å². The van der Waals surface area contributed by atoms with Gasteiger partial charge < -0.3 is 9.64 Å². The molecular weight excluding hydrogens is 511 g/mol. The minimum absolute atomic E-state index is 0.0698. The number of alkyl halides is 2. The summed E-state index contributed by atoms with van der Waals surface area (Å²) in [5, 5.41) is 5.36. The topological polar surface area (TPSA) is 45.9 Å². The van der Waals surface area contributed by atoms with E-state index in [4.69, 9.17) is 4.74 Å². The Morgan fingerprint density at radius 1 is 1.08 bits per heavy atom. The van der Waals surface area contributed by atoms with Crippen molar-refractivity contribution in [3.63, 3.8) is 0 Å². The summed E-state index contributed by atoms with van der Waals surface area (Å²) in [7, 11) is 0. The highest BCUT2D eigenvalue weighted by Crippen LogP contribution is 2.46. The highest BCUT2D eigenvalue weighted by molar-refractivity contribution is 7.98. The molecule has 0 amide bonds. The monoisotopic (exact) mass is 545 g/mol. The summed E-state index contributed by atoms with van der Waals surface area (Å²) in [6.07, 6.45) is 7.33. The number of nitrogens with zero attached hydrogens (tertiary/aromatic N) is 5. The molecule has 3 aromatic rings. The van der Waals surface area contributed by atoms with Crippen molar-refractivity contribution in [2.24, 2.45) is 0 Å². The van der Waals surface area contributed by atoms with Crippen LogP contribution in [0.3, 0.4) is 0 Å². The fraction of sp³-hybridized carbons (Fsp3) is 0.571. The molecule has 204 valence electrons. The molecule has 0 N–H and O–H groups in total. The largest absolute Gasteiger partial charge is 0.367 e. The minimum Gasteiger partial charge on any atom is -0.367 e. The van der Waals surface area contributed by atoms with Gasteiger partial charge in [-0.3, -0.25) is 4.90 Å². The maximum Gasteiger partial charge on any atom is 0.262 e. The third kappa shape index (κ3) is 5.20. The van der Waals surface area contributed by atoms with Gasteiger partial charge in [-0.15, -0.1) is 11.8 Å². The predicted octanol–water partition coefficient (Wildman–Crippen LogP) is 5.23. The highest BCUT2D eigenvalue weighted by atomic mass is 32.2. The lowest BCUT2D eigenvalue weighted by atomic mass is 9.84. The second-order valence-corrected chi connectivity index (χ2v) is 11.8. The smallest absolute Gasteiger partial charge is 0.262 e. The summed E-state index contributed by atoms with van der Waals surface area (Å²) in [4.78, 5) is 8.74. The molecule has 2 aromatic heterocycles. The second-order valence-electron chi connectivity index (χ2n) is 11.0. The number of hydrogen-bond acceptors (Lipinski definition) is 6. The first-order valence-corrected chi connectivity index (χ1v) is 14.7. The van der Waals surface area contributed by atoms with Gasteiger partial charge in [-0.2, -0.15) is 5.10 Å². The van der Waals surface area contributed by atoms with E-state index in [-0.39, 0.29) is 31.0 Å². The van der Waals surface area contributed by atoms with E-state index in [2.05, 4.69) is 15.0 Å². The summed E-state index contributed by atoms with van der Waals surface area (Å²) in [5.41, 5.74) is 2.59. The van der Waals surface area contributed by atoms with E-state index in [9.17, 15) is 13.2 Å². The molecule has 10 heteroatoms. The molecule has 3 saturated heterocycles. The number of likely N-dealkylation sites (tertiary alicyclic amines) is 2. The van der Waals surface area contributed by atoms with E-state index in [0.717, 1.165) is 73.5 Å². The van der Waals surface area contributed by atoms with Gasteiger partial charge in [0, 0.05) is 25.0 Å². The van der Waals surface area contributed by atoms with Crippen molar-refractivity contribution in [2.75, 3.05) is 39.0 Å². The van der Waals surface area contributed by atoms with Crippen LogP contribution in [0.1, 0.15) is 49.5 Å². The van der Waals surface area contributed by atoms with E-state index in [0.29, 0.717) is 6.54 Å². The molecule has 0 radical (unpaired) electrons. The number of piperidine rings is 1. The third-order valence-electron chi connectivity index (χ3n) is 8.60. The highest BCUT2D eigenvalue weighted by Gasteiger charge is 2.55. The molecular formula is C28H34F3N5OS. The van der Waals surface area contributed by atoms with Crippen molar-refractivity contribution in [1.29, 1.82) is 0 Å². The number of thioether (sulfide) groups is 1. The van der Waals surface area contributed by atoms with Crippen LogP contribution in [0.25, 0.3) is 5.52 Å². The molecule has 38 heavy (non-hydrogen) atoms. The lowest BCUT2D eigenvalue weighted by Crippen LogP contribution is -2.53. The Morgan fingerprint density at radius 2 is 1.87 bits per heavy atom. The molecule has 1 aromatic carbocycles. The lowest BCUT2D eigenvalue weighted by Gasteiger charge is -2.45. The maximum atomic E-state index is 14.8. The van der Waals surface area contributed by atoms with Gasteiger partial charge in [0.1, 0.15) is 23.3 Å². The molecule has 0 bridgehead atoms. The third-order valence-corrected chi connectivity index (χ3v) is 9.30. The minimum atomic E-state index is -2.67. The molecule has 2 atom stereocenters. The Balaban J connectivity index is 1.08. The van der Waals surface area contributed by atoms with Crippen LogP contribution in [0.5, 0.6) is 0 Å². The zero-order valence-electron chi connectivity index (χ0n) is 21.7. The quantitative estimate of drug-likeness (QED) is 0.379. The number of rotatable bonds is 7. The Morgan fingerprint density at radius 3 is 2.63 bits per heavy atom. The van der Waals surface area contributed by atoms with Gasteiger partial charge in [-0.25, -0.2) is 22.7 Å². The molecule has 0 unspecified atom stereocenters. The Kier molecular flexibility index (Phi) is 7.17. The summed E-state index contributed by atoms with van der Waals surface area (Å²) < 4.78 is 51.1. The molecule has 6 rings (SSSR count). The van der Waals surface area contributed by atoms with Crippen molar-refractivity contribution in [3.05, 3.63) is 59.8 Å². The van der Waals surface area contributed by atoms with Gasteiger partial charge >= 0.3 is 0 Å². The first kappa shape index (κ1) is 26.1. The van der Waals surface area contributed by atoms with Gasteiger partial charge in [0.25, 0.3) is 5.92 Å². The lowest BCUT2D eigenvalue weighted by molar-refractivity contribution is -0.0169. The zero-order chi connectivity index (χ0) is 26.3.